The number of unbranched alkanes of at least 4 members (excludes halogenated alkanes) is 4. The second-order valence-corrected chi connectivity index (χ2v) is 5.86. The van der Waals surface area contributed by atoms with Gasteiger partial charge in [0.25, 0.3) is 0 Å². The lowest BCUT2D eigenvalue weighted by atomic mass is 10.1. The quantitative estimate of drug-likeness (QED) is 0.511. The maximum atomic E-state index is 12.4. The van der Waals surface area contributed by atoms with Crippen LogP contribution in [0.4, 0.5) is 4.39 Å². The molecule has 1 atom stereocenters. The molecule has 1 aromatic carbocycles. The van der Waals surface area contributed by atoms with Gasteiger partial charge in [-0.05, 0) is 17.5 Å². The van der Waals surface area contributed by atoms with E-state index in [1.807, 2.05) is 0 Å². The molecule has 0 spiro atoms. The Balaban J connectivity index is 2.31. The molecule has 112 valence electrons. The fourth-order valence-corrected chi connectivity index (χ4v) is 2.42. The Labute approximate surface area is 129 Å². The first-order valence-corrected chi connectivity index (χ1v) is 8.17. The molecule has 0 radical (unpaired) electrons. The first kappa shape index (κ1) is 17.2. The maximum absolute atomic E-state index is 12.4. The summed E-state index contributed by atoms with van der Waals surface area (Å²) in [6.07, 6.45) is 5.90. The highest BCUT2D eigenvalue weighted by Crippen LogP contribution is 2.23. The SMILES string of the molecule is CCCCCCCNC(=O)C(Br)c1ccc(CF)cc1. The number of rotatable bonds is 9. The normalized spacial score (nSPS) is 12.2. The summed E-state index contributed by atoms with van der Waals surface area (Å²) in [6, 6.07) is 6.99. The first-order chi connectivity index (χ1) is 9.69. The van der Waals surface area contributed by atoms with Crippen LogP contribution in [0.5, 0.6) is 0 Å². The molecule has 0 saturated carbocycles. The van der Waals surface area contributed by atoms with E-state index in [4.69, 9.17) is 0 Å². The van der Waals surface area contributed by atoms with Crippen LogP contribution in [0.3, 0.4) is 0 Å². The van der Waals surface area contributed by atoms with Gasteiger partial charge in [0.15, 0.2) is 0 Å². The van der Waals surface area contributed by atoms with E-state index < -0.39 is 6.67 Å². The van der Waals surface area contributed by atoms with Crippen LogP contribution >= 0.6 is 15.9 Å². The number of hydrogen-bond donors (Lipinski definition) is 1. The zero-order chi connectivity index (χ0) is 14.8. The largest absolute Gasteiger partial charge is 0.355 e. The van der Waals surface area contributed by atoms with Crippen molar-refractivity contribution in [1.29, 1.82) is 0 Å². The minimum Gasteiger partial charge on any atom is -0.355 e. The van der Waals surface area contributed by atoms with Crippen LogP contribution in [0.2, 0.25) is 0 Å². The zero-order valence-corrected chi connectivity index (χ0v) is 13.6. The summed E-state index contributed by atoms with van der Waals surface area (Å²) in [7, 11) is 0. The van der Waals surface area contributed by atoms with Gasteiger partial charge in [-0.1, -0.05) is 72.8 Å². The number of amides is 1. The van der Waals surface area contributed by atoms with E-state index in [1.165, 1.54) is 19.3 Å². The van der Waals surface area contributed by atoms with Crippen molar-refractivity contribution in [3.8, 4) is 0 Å². The smallest absolute Gasteiger partial charge is 0.238 e. The van der Waals surface area contributed by atoms with Gasteiger partial charge in [-0.25, -0.2) is 4.39 Å². The standard InChI is InChI=1S/C16H23BrFNO/c1-2-3-4-5-6-11-19-16(20)15(17)14-9-7-13(12-18)8-10-14/h7-10,15H,2-6,11-12H2,1H3,(H,19,20). The fraction of sp³-hybridized carbons (Fsp3) is 0.562. The lowest BCUT2D eigenvalue weighted by Gasteiger charge is -2.11. The first-order valence-electron chi connectivity index (χ1n) is 7.25. The third-order valence-corrected chi connectivity index (χ3v) is 4.18. The number of hydrogen-bond acceptors (Lipinski definition) is 1. The maximum Gasteiger partial charge on any atom is 0.238 e. The highest BCUT2D eigenvalue weighted by molar-refractivity contribution is 9.09. The molecule has 0 aromatic heterocycles. The van der Waals surface area contributed by atoms with Crippen molar-refractivity contribution in [2.24, 2.45) is 0 Å². The van der Waals surface area contributed by atoms with Gasteiger partial charge in [0.2, 0.25) is 5.91 Å². The van der Waals surface area contributed by atoms with E-state index in [0.29, 0.717) is 12.1 Å². The minimum atomic E-state index is -0.475. The molecular weight excluding hydrogens is 321 g/mol. The highest BCUT2D eigenvalue weighted by Gasteiger charge is 2.16. The Morgan fingerprint density at radius 3 is 2.45 bits per heavy atom. The Hall–Kier alpha value is -0.900. The molecule has 1 rings (SSSR count). The molecule has 1 amide bonds. The molecule has 0 bridgehead atoms. The monoisotopic (exact) mass is 343 g/mol. The van der Waals surface area contributed by atoms with Crippen molar-refractivity contribution >= 4 is 21.8 Å². The summed E-state index contributed by atoms with van der Waals surface area (Å²) < 4.78 is 12.4. The summed E-state index contributed by atoms with van der Waals surface area (Å²) in [5, 5.41) is 2.93. The van der Waals surface area contributed by atoms with Crippen molar-refractivity contribution in [3.05, 3.63) is 35.4 Å². The van der Waals surface area contributed by atoms with Gasteiger partial charge < -0.3 is 5.32 Å². The molecule has 2 nitrogen and oxygen atoms in total. The second kappa shape index (κ2) is 9.92. The number of carbonyl (C=O) groups is 1. The Kier molecular flexibility index (Phi) is 8.51. The number of nitrogens with one attached hydrogen (secondary N) is 1. The molecule has 20 heavy (non-hydrogen) atoms. The minimum absolute atomic E-state index is 0.0338. The fourth-order valence-electron chi connectivity index (χ4n) is 1.96. The molecule has 0 heterocycles. The average Bonchev–Trinajstić information content (AvgIpc) is 2.50. The summed E-state index contributed by atoms with van der Waals surface area (Å²) in [6.45, 7) is 2.43. The van der Waals surface area contributed by atoms with Crippen molar-refractivity contribution in [2.45, 2.75) is 50.5 Å². The van der Waals surface area contributed by atoms with E-state index in [0.717, 1.165) is 18.4 Å². The van der Waals surface area contributed by atoms with Crippen molar-refractivity contribution in [2.75, 3.05) is 6.54 Å². The molecular formula is C16H23BrFNO. The predicted octanol–water partition coefficient (Wildman–Crippen LogP) is 4.68. The van der Waals surface area contributed by atoms with Crippen molar-refractivity contribution in [1.82, 2.24) is 5.32 Å². The third-order valence-electron chi connectivity index (χ3n) is 3.24. The molecule has 0 saturated heterocycles. The third kappa shape index (κ3) is 6.04. The van der Waals surface area contributed by atoms with Crippen molar-refractivity contribution in [3.63, 3.8) is 0 Å². The molecule has 0 aliphatic carbocycles. The van der Waals surface area contributed by atoms with Crippen LogP contribution in [0.25, 0.3) is 0 Å². The summed E-state index contributed by atoms with van der Waals surface area (Å²) in [5.74, 6) is -0.0338. The van der Waals surface area contributed by atoms with E-state index in [9.17, 15) is 9.18 Å². The molecule has 1 N–H and O–H groups in total. The van der Waals surface area contributed by atoms with Crippen LogP contribution in [0.15, 0.2) is 24.3 Å². The predicted molar refractivity (Wildman–Crippen MR) is 84.7 cm³/mol. The van der Waals surface area contributed by atoms with E-state index in [1.54, 1.807) is 24.3 Å². The molecule has 0 aliphatic rings. The van der Waals surface area contributed by atoms with Gasteiger partial charge in [0.1, 0.15) is 11.5 Å². The summed E-state index contributed by atoms with van der Waals surface area (Å²) in [5.41, 5.74) is 1.48. The second-order valence-electron chi connectivity index (χ2n) is 4.94. The number of alkyl halides is 2. The molecule has 4 heteroatoms. The Bertz CT molecular complexity index is 394. The van der Waals surface area contributed by atoms with Gasteiger partial charge in [0.05, 0.1) is 0 Å². The lowest BCUT2D eigenvalue weighted by molar-refractivity contribution is -0.120. The van der Waals surface area contributed by atoms with E-state index in [2.05, 4.69) is 28.2 Å². The zero-order valence-electron chi connectivity index (χ0n) is 12.0. The van der Waals surface area contributed by atoms with Gasteiger partial charge in [-0.2, -0.15) is 0 Å². The van der Waals surface area contributed by atoms with Crippen LogP contribution in [-0.4, -0.2) is 12.5 Å². The van der Waals surface area contributed by atoms with Gasteiger partial charge in [0, 0.05) is 6.54 Å². The molecule has 1 aromatic rings. The van der Waals surface area contributed by atoms with Crippen LogP contribution < -0.4 is 5.32 Å². The Morgan fingerprint density at radius 2 is 1.85 bits per heavy atom. The average molecular weight is 344 g/mol. The Morgan fingerprint density at radius 1 is 1.20 bits per heavy atom. The van der Waals surface area contributed by atoms with Gasteiger partial charge in [-0.3, -0.25) is 4.79 Å². The van der Waals surface area contributed by atoms with Crippen LogP contribution in [0.1, 0.15) is 55.0 Å². The van der Waals surface area contributed by atoms with Gasteiger partial charge in [-0.15, -0.1) is 0 Å². The molecule has 0 aliphatic heterocycles. The highest BCUT2D eigenvalue weighted by atomic mass is 79.9. The van der Waals surface area contributed by atoms with Crippen LogP contribution in [-0.2, 0) is 11.5 Å². The van der Waals surface area contributed by atoms with Crippen LogP contribution in [0, 0.1) is 0 Å². The van der Waals surface area contributed by atoms with Gasteiger partial charge >= 0.3 is 0 Å². The topological polar surface area (TPSA) is 29.1 Å². The summed E-state index contributed by atoms with van der Waals surface area (Å²) >= 11 is 3.39. The van der Waals surface area contributed by atoms with E-state index >= 15 is 0 Å². The lowest BCUT2D eigenvalue weighted by Crippen LogP contribution is -2.27. The molecule has 0 fully saturated rings. The number of carbonyl (C=O) groups excluding carboxylic acids is 1. The number of benzene rings is 1. The number of halogens is 2. The van der Waals surface area contributed by atoms with Crippen molar-refractivity contribution < 1.29 is 9.18 Å². The summed E-state index contributed by atoms with van der Waals surface area (Å²) in [4.78, 5) is 11.6. The molecule has 1 unspecified atom stereocenters. The van der Waals surface area contributed by atoms with E-state index in [-0.39, 0.29) is 10.7 Å².